The van der Waals surface area contributed by atoms with E-state index in [1.54, 1.807) is 49.5 Å². The molecule has 3 aromatic rings. The van der Waals surface area contributed by atoms with Gasteiger partial charge in [-0.15, -0.1) is 0 Å². The molecule has 4 nitrogen and oxygen atoms in total. The van der Waals surface area contributed by atoms with Crippen LogP contribution in [0.5, 0.6) is 0 Å². The molecule has 26 heavy (non-hydrogen) atoms. The molecule has 1 heterocycles. The van der Waals surface area contributed by atoms with E-state index >= 15 is 0 Å². The minimum atomic E-state index is -2.64. The van der Waals surface area contributed by atoms with Crippen LogP contribution < -0.4 is 0 Å². The van der Waals surface area contributed by atoms with Crippen molar-refractivity contribution in [3.8, 4) is 0 Å². The smallest absolute Gasteiger partial charge is 0.291 e. The van der Waals surface area contributed by atoms with Crippen LogP contribution in [0.1, 0.15) is 5.56 Å². The Labute approximate surface area is 152 Å². The molecule has 0 saturated carbocycles. The van der Waals surface area contributed by atoms with E-state index in [-0.39, 0.29) is 24.2 Å². The number of amides is 1. The Balaban J connectivity index is 1.83. The lowest BCUT2D eigenvalue weighted by atomic mass is 10.2. The highest BCUT2D eigenvalue weighted by molar-refractivity contribution is 7.99. The van der Waals surface area contributed by atoms with Crippen molar-refractivity contribution < 1.29 is 18.0 Å². The number of imidazole rings is 1. The quantitative estimate of drug-likeness (QED) is 0.604. The average molecular weight is 379 g/mol. The Hall–Kier alpha value is -2.48. The van der Waals surface area contributed by atoms with Crippen LogP contribution in [-0.2, 0) is 17.9 Å². The normalized spacial score (nSPS) is 11.3. The summed E-state index contributed by atoms with van der Waals surface area (Å²) >= 11 is 0.299. The molecule has 3 rings (SSSR count). The fraction of sp³-hybridized carbons (Fsp3) is 0.222. The zero-order chi connectivity index (χ0) is 18.7. The predicted molar refractivity (Wildman–Crippen MR) is 94.5 cm³/mol. The van der Waals surface area contributed by atoms with Gasteiger partial charge < -0.3 is 9.47 Å². The van der Waals surface area contributed by atoms with Crippen molar-refractivity contribution >= 4 is 28.7 Å². The molecular formula is C18H16F3N3OS. The van der Waals surface area contributed by atoms with Gasteiger partial charge in [-0.2, -0.15) is 8.78 Å². The van der Waals surface area contributed by atoms with Crippen LogP contribution in [0.4, 0.5) is 13.2 Å². The molecule has 0 atom stereocenters. The number of fused-ring (bicyclic) bond motifs is 1. The summed E-state index contributed by atoms with van der Waals surface area (Å²) in [5.74, 6) is -3.36. The van der Waals surface area contributed by atoms with E-state index < -0.39 is 11.6 Å². The van der Waals surface area contributed by atoms with Crippen molar-refractivity contribution in [1.82, 2.24) is 14.5 Å². The van der Waals surface area contributed by atoms with Gasteiger partial charge in [0, 0.05) is 19.2 Å². The molecule has 0 unspecified atom stereocenters. The Morgan fingerprint density at radius 3 is 2.62 bits per heavy atom. The molecule has 8 heteroatoms. The maximum atomic E-state index is 13.8. The molecule has 0 fully saturated rings. The number of nitrogens with zero attached hydrogens (tertiary/aromatic N) is 3. The Kier molecular flexibility index (Phi) is 5.51. The highest BCUT2D eigenvalue weighted by atomic mass is 32.2. The number of alkyl halides is 2. The average Bonchev–Trinajstić information content (AvgIpc) is 2.93. The maximum absolute atomic E-state index is 13.8. The van der Waals surface area contributed by atoms with Gasteiger partial charge in [0.1, 0.15) is 12.4 Å². The van der Waals surface area contributed by atoms with Gasteiger partial charge in [0.15, 0.2) is 5.16 Å². The van der Waals surface area contributed by atoms with Gasteiger partial charge in [0.2, 0.25) is 5.91 Å². The molecule has 0 aliphatic carbocycles. The van der Waals surface area contributed by atoms with E-state index in [9.17, 15) is 18.0 Å². The highest BCUT2D eigenvalue weighted by Gasteiger charge is 2.19. The van der Waals surface area contributed by atoms with Crippen LogP contribution in [0.3, 0.4) is 0 Å². The van der Waals surface area contributed by atoms with Gasteiger partial charge in [-0.1, -0.05) is 30.3 Å². The SMILES string of the molecule is CN(Cc1ccccc1F)C(=O)Cn1c(SC(F)F)nc2ccccc21. The van der Waals surface area contributed by atoms with Crippen molar-refractivity contribution in [3.63, 3.8) is 0 Å². The number of carbonyl (C=O) groups is 1. The third kappa shape index (κ3) is 4.01. The molecule has 0 bridgehead atoms. The second kappa shape index (κ2) is 7.82. The van der Waals surface area contributed by atoms with Gasteiger partial charge in [-0.25, -0.2) is 9.37 Å². The minimum Gasteiger partial charge on any atom is -0.340 e. The fourth-order valence-corrected chi connectivity index (χ4v) is 3.20. The van der Waals surface area contributed by atoms with E-state index in [2.05, 4.69) is 4.98 Å². The number of carbonyl (C=O) groups excluding carboxylic acids is 1. The van der Waals surface area contributed by atoms with Gasteiger partial charge in [-0.3, -0.25) is 4.79 Å². The van der Waals surface area contributed by atoms with Crippen molar-refractivity contribution in [1.29, 1.82) is 0 Å². The number of thioether (sulfide) groups is 1. The largest absolute Gasteiger partial charge is 0.340 e. The minimum absolute atomic E-state index is 0.0776. The number of hydrogen-bond acceptors (Lipinski definition) is 3. The lowest BCUT2D eigenvalue weighted by Crippen LogP contribution is -2.30. The highest BCUT2D eigenvalue weighted by Crippen LogP contribution is 2.28. The molecule has 0 saturated heterocycles. The number of benzene rings is 2. The summed E-state index contributed by atoms with van der Waals surface area (Å²) in [5.41, 5.74) is 1.53. The van der Waals surface area contributed by atoms with Crippen LogP contribution in [0.15, 0.2) is 53.7 Å². The first-order valence-corrected chi connectivity index (χ1v) is 8.71. The number of aromatic nitrogens is 2. The number of hydrogen-bond donors (Lipinski definition) is 0. The van der Waals surface area contributed by atoms with Crippen LogP contribution in [-0.4, -0.2) is 33.2 Å². The molecule has 0 aliphatic heterocycles. The summed E-state index contributed by atoms with van der Waals surface area (Å²) in [6.45, 7) is -0.0595. The zero-order valence-corrected chi connectivity index (χ0v) is 14.7. The summed E-state index contributed by atoms with van der Waals surface area (Å²) in [4.78, 5) is 18.1. The summed E-state index contributed by atoms with van der Waals surface area (Å²) in [6.07, 6.45) is 0. The molecule has 0 spiro atoms. The summed E-state index contributed by atoms with van der Waals surface area (Å²) in [6, 6.07) is 13.1. The van der Waals surface area contributed by atoms with E-state index in [0.29, 0.717) is 28.4 Å². The standard InChI is InChI=1S/C18H16F3N3OS/c1-23(10-12-6-2-3-7-13(12)19)16(25)11-24-15-9-5-4-8-14(15)22-18(24)26-17(20)21/h2-9,17H,10-11H2,1H3. The summed E-state index contributed by atoms with van der Waals surface area (Å²) in [7, 11) is 1.55. The second-order valence-electron chi connectivity index (χ2n) is 5.69. The van der Waals surface area contributed by atoms with Crippen LogP contribution in [0, 0.1) is 5.82 Å². The lowest BCUT2D eigenvalue weighted by Gasteiger charge is -2.19. The van der Waals surface area contributed by atoms with E-state index in [0.717, 1.165) is 0 Å². The van der Waals surface area contributed by atoms with Crippen LogP contribution >= 0.6 is 11.8 Å². The number of para-hydroxylation sites is 2. The first kappa shape index (κ1) is 18.3. The Morgan fingerprint density at radius 1 is 1.19 bits per heavy atom. The number of rotatable bonds is 6. The second-order valence-corrected chi connectivity index (χ2v) is 6.65. The first-order chi connectivity index (χ1) is 12.5. The van der Waals surface area contributed by atoms with E-state index in [4.69, 9.17) is 0 Å². The van der Waals surface area contributed by atoms with Crippen LogP contribution in [0.25, 0.3) is 11.0 Å². The van der Waals surface area contributed by atoms with E-state index in [1.165, 1.54) is 15.5 Å². The first-order valence-electron chi connectivity index (χ1n) is 7.83. The Bertz CT molecular complexity index is 929. The zero-order valence-electron chi connectivity index (χ0n) is 13.9. The topological polar surface area (TPSA) is 38.1 Å². The molecule has 1 aromatic heterocycles. The Morgan fingerprint density at radius 2 is 1.88 bits per heavy atom. The van der Waals surface area contributed by atoms with Gasteiger partial charge >= 0.3 is 0 Å². The van der Waals surface area contributed by atoms with E-state index in [1.807, 2.05) is 0 Å². The third-order valence-electron chi connectivity index (χ3n) is 3.90. The van der Waals surface area contributed by atoms with Gasteiger partial charge in [0.05, 0.1) is 11.0 Å². The van der Waals surface area contributed by atoms with Crippen molar-refractivity contribution in [2.45, 2.75) is 24.0 Å². The monoisotopic (exact) mass is 379 g/mol. The molecule has 0 aliphatic rings. The molecule has 136 valence electrons. The summed E-state index contributed by atoms with van der Waals surface area (Å²) in [5, 5.41) is 0.0776. The maximum Gasteiger partial charge on any atom is 0.291 e. The summed E-state index contributed by atoms with van der Waals surface area (Å²) < 4.78 is 40.9. The van der Waals surface area contributed by atoms with Crippen LogP contribution in [0.2, 0.25) is 0 Å². The lowest BCUT2D eigenvalue weighted by molar-refractivity contribution is -0.131. The molecule has 0 radical (unpaired) electrons. The van der Waals surface area contributed by atoms with Crippen molar-refractivity contribution in [3.05, 3.63) is 59.9 Å². The van der Waals surface area contributed by atoms with Crippen molar-refractivity contribution in [2.75, 3.05) is 7.05 Å². The van der Waals surface area contributed by atoms with Gasteiger partial charge in [0.25, 0.3) is 5.76 Å². The van der Waals surface area contributed by atoms with Crippen molar-refractivity contribution in [2.24, 2.45) is 0 Å². The predicted octanol–water partition coefficient (Wildman–Crippen LogP) is 4.15. The number of likely N-dealkylation sites (N-methyl/N-ethyl adjacent to an activating group) is 1. The molecule has 1 amide bonds. The molecule has 0 N–H and O–H groups in total. The molecule has 2 aromatic carbocycles. The third-order valence-corrected chi connectivity index (χ3v) is 4.60. The molecular weight excluding hydrogens is 363 g/mol. The fourth-order valence-electron chi connectivity index (χ4n) is 2.60. The van der Waals surface area contributed by atoms with Gasteiger partial charge in [-0.05, 0) is 30.0 Å². The number of halogens is 3.